The van der Waals surface area contributed by atoms with E-state index >= 15 is 0 Å². The number of ether oxygens (including phenoxy) is 2. The molecular weight excluding hydrogens is 320 g/mol. The molecule has 0 radical (unpaired) electrons. The van der Waals surface area contributed by atoms with Crippen LogP contribution in [0.2, 0.25) is 0 Å². The Bertz CT molecular complexity index is 489. The Morgan fingerprint density at radius 3 is 1.62 bits per heavy atom. The minimum Gasteiger partial charge on any atom is -0.461 e. The number of amides is 4. The lowest BCUT2D eigenvalue weighted by atomic mass is 10.5. The summed E-state index contributed by atoms with van der Waals surface area (Å²) in [5.74, 6) is -1.38. The second-order valence-electron chi connectivity index (χ2n) is 5.11. The third kappa shape index (κ3) is 5.45. The Morgan fingerprint density at radius 2 is 1.29 bits per heavy atom. The molecule has 0 atom stereocenters. The fraction of sp³-hybridized carbons (Fsp3) is 0.571. The standard InChI is InChI=1S/C14H20N4O6/c19-11(23-9-7-17-5-3-15-13(17)21)1-2-12(20)24-10-8-18-6-4-16-14(18)22/h1-2H,3-10H2,(H,15,21)(H,16,22)/b2-1+. The van der Waals surface area contributed by atoms with Crippen molar-refractivity contribution in [2.75, 3.05) is 52.5 Å². The molecule has 0 aromatic rings. The number of nitrogens with zero attached hydrogens (tertiary/aromatic N) is 2. The van der Waals surface area contributed by atoms with E-state index in [9.17, 15) is 19.2 Å². The van der Waals surface area contributed by atoms with Crippen LogP contribution in [0.4, 0.5) is 9.59 Å². The SMILES string of the molecule is O=C(/C=C/C(=O)OCCN1CCNC1=O)OCCN1CCNC1=O. The Morgan fingerprint density at radius 1 is 0.875 bits per heavy atom. The molecular formula is C14H20N4O6. The van der Waals surface area contributed by atoms with Crippen molar-refractivity contribution >= 4 is 24.0 Å². The van der Waals surface area contributed by atoms with Gasteiger partial charge in [0.05, 0.1) is 13.1 Å². The van der Waals surface area contributed by atoms with E-state index in [0.29, 0.717) is 39.3 Å². The van der Waals surface area contributed by atoms with Crippen molar-refractivity contribution in [3.63, 3.8) is 0 Å². The largest absolute Gasteiger partial charge is 0.461 e. The molecule has 2 aliphatic heterocycles. The number of carbonyl (C=O) groups is 4. The molecule has 0 aliphatic carbocycles. The Labute approximate surface area is 138 Å². The van der Waals surface area contributed by atoms with Gasteiger partial charge >= 0.3 is 24.0 Å². The second-order valence-corrected chi connectivity index (χ2v) is 5.11. The summed E-state index contributed by atoms with van der Waals surface area (Å²) in [7, 11) is 0. The van der Waals surface area contributed by atoms with Gasteiger partial charge in [-0.15, -0.1) is 0 Å². The molecule has 2 heterocycles. The molecule has 2 fully saturated rings. The normalized spacial score (nSPS) is 17.2. The highest BCUT2D eigenvalue weighted by atomic mass is 16.5. The summed E-state index contributed by atoms with van der Waals surface area (Å²) in [5.41, 5.74) is 0. The highest BCUT2D eigenvalue weighted by Crippen LogP contribution is 1.97. The predicted molar refractivity (Wildman–Crippen MR) is 81.0 cm³/mol. The zero-order valence-corrected chi connectivity index (χ0v) is 13.2. The number of hydrogen-bond acceptors (Lipinski definition) is 6. The Kier molecular flexibility index (Phi) is 6.41. The van der Waals surface area contributed by atoms with E-state index in [-0.39, 0.29) is 25.3 Å². The number of hydrogen-bond donors (Lipinski definition) is 2. The van der Waals surface area contributed by atoms with Gasteiger partial charge in [-0.3, -0.25) is 0 Å². The Hall–Kier alpha value is -2.78. The van der Waals surface area contributed by atoms with Crippen LogP contribution in [-0.2, 0) is 19.1 Å². The van der Waals surface area contributed by atoms with E-state index < -0.39 is 11.9 Å². The van der Waals surface area contributed by atoms with Crippen molar-refractivity contribution in [2.45, 2.75) is 0 Å². The van der Waals surface area contributed by atoms with Gasteiger partial charge in [0, 0.05) is 38.3 Å². The predicted octanol–water partition coefficient (Wildman–Crippen LogP) is -1.32. The molecule has 10 heteroatoms. The van der Waals surface area contributed by atoms with Gasteiger partial charge in [-0.25, -0.2) is 19.2 Å². The summed E-state index contributed by atoms with van der Waals surface area (Å²) in [6.07, 6.45) is 1.93. The first-order valence-corrected chi connectivity index (χ1v) is 7.63. The third-order valence-corrected chi connectivity index (χ3v) is 3.46. The van der Waals surface area contributed by atoms with Crippen molar-refractivity contribution < 1.29 is 28.7 Å². The smallest absolute Gasteiger partial charge is 0.331 e. The maximum Gasteiger partial charge on any atom is 0.331 e. The van der Waals surface area contributed by atoms with E-state index in [1.54, 1.807) is 0 Å². The maximum absolute atomic E-state index is 11.4. The van der Waals surface area contributed by atoms with Gasteiger partial charge in [0.1, 0.15) is 13.2 Å². The molecule has 10 nitrogen and oxygen atoms in total. The molecule has 2 aliphatic rings. The van der Waals surface area contributed by atoms with Crippen molar-refractivity contribution in [2.24, 2.45) is 0 Å². The minimum absolute atomic E-state index is 0.0513. The lowest BCUT2D eigenvalue weighted by molar-refractivity contribution is -0.140. The van der Waals surface area contributed by atoms with Crippen LogP contribution in [-0.4, -0.2) is 86.3 Å². The monoisotopic (exact) mass is 340 g/mol. The van der Waals surface area contributed by atoms with E-state index in [1.807, 2.05) is 0 Å². The summed E-state index contributed by atoms with van der Waals surface area (Å²) < 4.78 is 9.77. The van der Waals surface area contributed by atoms with Gasteiger partial charge < -0.3 is 29.9 Å². The number of carbonyl (C=O) groups excluding carboxylic acids is 4. The Balaban J connectivity index is 1.55. The molecule has 0 spiro atoms. The summed E-state index contributed by atoms with van der Waals surface area (Å²) >= 11 is 0. The van der Waals surface area contributed by atoms with Crippen molar-refractivity contribution in [1.82, 2.24) is 20.4 Å². The quantitative estimate of drug-likeness (QED) is 0.418. The second kappa shape index (κ2) is 8.75. The first kappa shape index (κ1) is 17.6. The van der Waals surface area contributed by atoms with E-state index in [2.05, 4.69) is 10.6 Å². The van der Waals surface area contributed by atoms with Gasteiger partial charge in [-0.05, 0) is 0 Å². The highest BCUT2D eigenvalue weighted by Gasteiger charge is 2.19. The van der Waals surface area contributed by atoms with E-state index in [4.69, 9.17) is 9.47 Å². The number of nitrogens with one attached hydrogen (secondary N) is 2. The van der Waals surface area contributed by atoms with Crippen LogP contribution in [0.1, 0.15) is 0 Å². The third-order valence-electron chi connectivity index (χ3n) is 3.46. The van der Waals surface area contributed by atoms with Gasteiger partial charge in [-0.1, -0.05) is 0 Å². The fourth-order valence-electron chi connectivity index (χ4n) is 2.19. The van der Waals surface area contributed by atoms with Crippen LogP contribution in [0.25, 0.3) is 0 Å². The van der Waals surface area contributed by atoms with Gasteiger partial charge in [-0.2, -0.15) is 0 Å². The van der Waals surface area contributed by atoms with Crippen molar-refractivity contribution in [3.05, 3.63) is 12.2 Å². The summed E-state index contributed by atoms with van der Waals surface area (Å²) in [6.45, 7) is 3.02. The van der Waals surface area contributed by atoms with Gasteiger partial charge in [0.15, 0.2) is 0 Å². The molecule has 132 valence electrons. The fourth-order valence-corrected chi connectivity index (χ4v) is 2.19. The van der Waals surface area contributed by atoms with Crippen LogP contribution >= 0.6 is 0 Å². The van der Waals surface area contributed by atoms with Crippen molar-refractivity contribution in [3.8, 4) is 0 Å². The molecule has 2 N–H and O–H groups in total. The van der Waals surface area contributed by atoms with Crippen LogP contribution in [0.5, 0.6) is 0 Å². The average molecular weight is 340 g/mol. The highest BCUT2D eigenvalue weighted by molar-refractivity contribution is 5.91. The lowest BCUT2D eigenvalue weighted by Gasteiger charge is -2.13. The zero-order valence-electron chi connectivity index (χ0n) is 13.2. The van der Waals surface area contributed by atoms with E-state index in [1.165, 1.54) is 9.80 Å². The number of urea groups is 2. The molecule has 4 amide bonds. The molecule has 24 heavy (non-hydrogen) atoms. The summed E-state index contributed by atoms with van der Waals surface area (Å²) in [5, 5.41) is 5.27. The number of esters is 2. The molecule has 0 bridgehead atoms. The topological polar surface area (TPSA) is 117 Å². The molecule has 0 aromatic heterocycles. The first-order chi connectivity index (χ1) is 11.6. The molecule has 0 unspecified atom stereocenters. The van der Waals surface area contributed by atoms with Gasteiger partial charge in [0.2, 0.25) is 0 Å². The van der Waals surface area contributed by atoms with E-state index in [0.717, 1.165) is 12.2 Å². The molecule has 2 saturated heterocycles. The molecule has 0 saturated carbocycles. The summed E-state index contributed by atoms with van der Waals surface area (Å²) in [6, 6.07) is -0.367. The average Bonchev–Trinajstić information content (AvgIpc) is 3.14. The summed E-state index contributed by atoms with van der Waals surface area (Å²) in [4.78, 5) is 48.4. The zero-order chi connectivity index (χ0) is 17.4. The van der Waals surface area contributed by atoms with Crippen LogP contribution in [0.15, 0.2) is 12.2 Å². The lowest BCUT2D eigenvalue weighted by Crippen LogP contribution is -2.31. The van der Waals surface area contributed by atoms with Crippen LogP contribution < -0.4 is 10.6 Å². The molecule has 0 aromatic carbocycles. The minimum atomic E-state index is -0.689. The first-order valence-electron chi connectivity index (χ1n) is 7.63. The number of rotatable bonds is 8. The van der Waals surface area contributed by atoms with Crippen molar-refractivity contribution in [1.29, 1.82) is 0 Å². The maximum atomic E-state index is 11.4. The van der Waals surface area contributed by atoms with Gasteiger partial charge in [0.25, 0.3) is 0 Å². The van der Waals surface area contributed by atoms with Crippen LogP contribution in [0.3, 0.4) is 0 Å². The van der Waals surface area contributed by atoms with Crippen LogP contribution in [0, 0.1) is 0 Å². The molecule has 2 rings (SSSR count).